The quantitative estimate of drug-likeness (QED) is 0.602. The second kappa shape index (κ2) is 7.76. The summed E-state index contributed by atoms with van der Waals surface area (Å²) in [6.07, 6.45) is 3.27. The lowest BCUT2D eigenvalue weighted by Gasteiger charge is -2.39. The molecule has 1 aromatic heterocycles. The zero-order valence-electron chi connectivity index (χ0n) is 17.2. The van der Waals surface area contributed by atoms with Gasteiger partial charge in [0.05, 0.1) is 39.3 Å². The topological polar surface area (TPSA) is 65.3 Å². The first kappa shape index (κ1) is 19.7. The second-order valence-electron chi connectivity index (χ2n) is 7.13. The first-order valence-corrected chi connectivity index (χ1v) is 10.1. The molecule has 1 N–H and O–H groups in total. The van der Waals surface area contributed by atoms with Crippen LogP contribution in [-0.2, 0) is 0 Å². The standard InChI is InChI=1S/C23H21ClN2O5/c1-27-20-9-13(10-21(28-2)22(20)29-3)23-26-17(12-16(25-26)19-5-4-8-30-19)15-11-14(24)6-7-18(15)31-23/h4-12,17,23,25H,1-3H3. The van der Waals surface area contributed by atoms with Crippen LogP contribution in [0, 0.1) is 0 Å². The van der Waals surface area contributed by atoms with Crippen LogP contribution >= 0.6 is 11.6 Å². The van der Waals surface area contributed by atoms with E-state index in [1.165, 1.54) is 0 Å². The van der Waals surface area contributed by atoms with E-state index in [9.17, 15) is 0 Å². The highest BCUT2D eigenvalue weighted by molar-refractivity contribution is 6.30. The van der Waals surface area contributed by atoms with Gasteiger partial charge in [-0.2, -0.15) is 5.01 Å². The van der Waals surface area contributed by atoms with Crippen molar-refractivity contribution in [3.63, 3.8) is 0 Å². The smallest absolute Gasteiger partial charge is 0.203 e. The minimum Gasteiger partial charge on any atom is -0.493 e. The molecule has 2 atom stereocenters. The van der Waals surface area contributed by atoms with Gasteiger partial charge in [-0.05, 0) is 48.5 Å². The van der Waals surface area contributed by atoms with Gasteiger partial charge in [0.2, 0.25) is 5.75 Å². The molecule has 8 heteroatoms. The molecule has 2 aliphatic rings. The molecule has 2 unspecified atom stereocenters. The number of furan rings is 1. The fraction of sp³-hybridized carbons (Fsp3) is 0.217. The maximum atomic E-state index is 6.41. The third-order valence-electron chi connectivity index (χ3n) is 5.41. The average molecular weight is 441 g/mol. The Morgan fingerprint density at radius 1 is 1.00 bits per heavy atom. The van der Waals surface area contributed by atoms with Crippen molar-refractivity contribution >= 4 is 17.3 Å². The van der Waals surface area contributed by atoms with Crippen molar-refractivity contribution in [2.45, 2.75) is 12.3 Å². The van der Waals surface area contributed by atoms with Gasteiger partial charge < -0.3 is 28.8 Å². The molecule has 7 nitrogen and oxygen atoms in total. The Bertz CT molecular complexity index is 1120. The van der Waals surface area contributed by atoms with Gasteiger partial charge in [0, 0.05) is 16.1 Å². The summed E-state index contributed by atoms with van der Waals surface area (Å²) >= 11 is 6.29. The summed E-state index contributed by atoms with van der Waals surface area (Å²) in [4.78, 5) is 0. The molecule has 160 valence electrons. The monoisotopic (exact) mass is 440 g/mol. The maximum absolute atomic E-state index is 6.41. The predicted octanol–water partition coefficient (Wildman–Crippen LogP) is 4.95. The van der Waals surface area contributed by atoms with Gasteiger partial charge in [-0.25, -0.2) is 0 Å². The first-order chi connectivity index (χ1) is 15.1. The predicted molar refractivity (Wildman–Crippen MR) is 115 cm³/mol. The van der Waals surface area contributed by atoms with Crippen LogP contribution in [0.15, 0.2) is 59.2 Å². The third-order valence-corrected chi connectivity index (χ3v) is 5.65. The van der Waals surface area contributed by atoms with Crippen molar-refractivity contribution in [1.29, 1.82) is 0 Å². The van der Waals surface area contributed by atoms with Crippen molar-refractivity contribution in [2.24, 2.45) is 0 Å². The van der Waals surface area contributed by atoms with Gasteiger partial charge in [-0.3, -0.25) is 0 Å². The summed E-state index contributed by atoms with van der Waals surface area (Å²) < 4.78 is 28.6. The van der Waals surface area contributed by atoms with Gasteiger partial charge in [0.1, 0.15) is 5.75 Å². The molecule has 0 radical (unpaired) electrons. The van der Waals surface area contributed by atoms with Crippen molar-refractivity contribution in [2.75, 3.05) is 21.3 Å². The number of hydrogen-bond donors (Lipinski definition) is 1. The molecule has 0 amide bonds. The van der Waals surface area contributed by atoms with Crippen LogP contribution in [0.1, 0.15) is 29.2 Å². The van der Waals surface area contributed by atoms with Gasteiger partial charge in [0.15, 0.2) is 23.5 Å². The van der Waals surface area contributed by atoms with Crippen molar-refractivity contribution in [3.8, 4) is 23.0 Å². The van der Waals surface area contributed by atoms with E-state index in [2.05, 4.69) is 11.5 Å². The number of hydrazine groups is 1. The molecule has 5 rings (SSSR count). The molecule has 3 heterocycles. The molecule has 0 aliphatic carbocycles. The Morgan fingerprint density at radius 3 is 2.42 bits per heavy atom. The highest BCUT2D eigenvalue weighted by Crippen LogP contribution is 2.49. The SMILES string of the molecule is COc1cc(C2Oc3ccc(Cl)cc3C3C=C(c4ccco4)NN32)cc(OC)c1OC. The van der Waals surface area contributed by atoms with E-state index < -0.39 is 6.23 Å². The molecule has 0 spiro atoms. The summed E-state index contributed by atoms with van der Waals surface area (Å²) in [6, 6.07) is 13.0. The van der Waals surface area contributed by atoms with E-state index in [4.69, 9.17) is 35.0 Å². The number of methoxy groups -OCH3 is 3. The summed E-state index contributed by atoms with van der Waals surface area (Å²) in [5.74, 6) is 3.12. The third kappa shape index (κ3) is 3.26. The van der Waals surface area contributed by atoms with Crippen LogP contribution in [-0.4, -0.2) is 26.3 Å². The van der Waals surface area contributed by atoms with Crippen molar-refractivity contribution in [1.82, 2.24) is 10.4 Å². The molecular formula is C23H21ClN2O5. The van der Waals surface area contributed by atoms with Crippen molar-refractivity contribution < 1.29 is 23.4 Å². The maximum Gasteiger partial charge on any atom is 0.203 e. The Labute approximate surface area is 184 Å². The largest absolute Gasteiger partial charge is 0.493 e. The van der Waals surface area contributed by atoms with Crippen molar-refractivity contribution in [3.05, 3.63) is 76.7 Å². The van der Waals surface area contributed by atoms with Crippen LogP contribution in [0.4, 0.5) is 0 Å². The molecular weight excluding hydrogens is 420 g/mol. The Kier molecular flexibility index (Phi) is 4.92. The fourth-order valence-electron chi connectivity index (χ4n) is 4.00. The molecule has 0 fully saturated rings. The normalized spacial score (nSPS) is 19.5. The van der Waals surface area contributed by atoms with E-state index in [0.717, 1.165) is 28.3 Å². The number of nitrogens with one attached hydrogen (secondary N) is 1. The summed E-state index contributed by atoms with van der Waals surface area (Å²) in [6.45, 7) is 0. The summed E-state index contributed by atoms with van der Waals surface area (Å²) in [5.41, 5.74) is 6.08. The van der Waals surface area contributed by atoms with Gasteiger partial charge >= 0.3 is 0 Å². The number of benzene rings is 2. The molecule has 0 saturated carbocycles. The van der Waals surface area contributed by atoms with E-state index in [-0.39, 0.29) is 6.04 Å². The Morgan fingerprint density at radius 2 is 1.77 bits per heavy atom. The first-order valence-electron chi connectivity index (χ1n) is 9.69. The minimum atomic E-state index is -0.476. The summed E-state index contributed by atoms with van der Waals surface area (Å²) in [5, 5.41) is 2.66. The van der Waals surface area contributed by atoms with Gasteiger partial charge in [-0.15, -0.1) is 0 Å². The zero-order valence-corrected chi connectivity index (χ0v) is 18.0. The number of fused-ring (bicyclic) bond motifs is 3. The number of rotatable bonds is 5. The average Bonchev–Trinajstić information content (AvgIpc) is 3.47. The number of ether oxygens (including phenoxy) is 4. The van der Waals surface area contributed by atoms with E-state index in [1.54, 1.807) is 27.6 Å². The molecule has 0 saturated heterocycles. The fourth-order valence-corrected chi connectivity index (χ4v) is 4.19. The summed E-state index contributed by atoms with van der Waals surface area (Å²) in [7, 11) is 4.76. The highest BCUT2D eigenvalue weighted by Gasteiger charge is 2.41. The number of nitrogens with zero attached hydrogens (tertiary/aromatic N) is 1. The molecule has 3 aromatic rings. The van der Waals surface area contributed by atoms with E-state index >= 15 is 0 Å². The van der Waals surface area contributed by atoms with Crippen LogP contribution < -0.4 is 24.4 Å². The minimum absolute atomic E-state index is 0.119. The lowest BCUT2D eigenvalue weighted by atomic mass is 10.0. The van der Waals surface area contributed by atoms with Crippen LogP contribution in [0.25, 0.3) is 5.70 Å². The lowest BCUT2D eigenvalue weighted by molar-refractivity contribution is -0.0330. The molecule has 0 bridgehead atoms. The van der Waals surface area contributed by atoms with Crippen LogP contribution in [0.3, 0.4) is 0 Å². The van der Waals surface area contributed by atoms with Crippen LogP contribution in [0.5, 0.6) is 23.0 Å². The number of hydrogen-bond acceptors (Lipinski definition) is 7. The zero-order chi connectivity index (χ0) is 21.5. The van der Waals surface area contributed by atoms with Crippen LogP contribution in [0.2, 0.25) is 5.02 Å². The molecule has 31 heavy (non-hydrogen) atoms. The Hall–Kier alpha value is -3.29. The Balaban J connectivity index is 1.62. The van der Waals surface area contributed by atoms with E-state index in [0.29, 0.717) is 22.3 Å². The molecule has 2 aliphatic heterocycles. The lowest BCUT2D eigenvalue weighted by Crippen LogP contribution is -2.43. The molecule has 2 aromatic carbocycles. The van der Waals surface area contributed by atoms with E-state index in [1.807, 2.05) is 47.5 Å². The number of halogens is 1. The van der Waals surface area contributed by atoms with Gasteiger partial charge in [0.25, 0.3) is 0 Å². The second-order valence-corrected chi connectivity index (χ2v) is 7.57. The van der Waals surface area contributed by atoms with Gasteiger partial charge in [-0.1, -0.05) is 11.6 Å². The highest BCUT2D eigenvalue weighted by atomic mass is 35.5.